The fourth-order valence-corrected chi connectivity index (χ4v) is 1.66. The molecular formula is C9H11N3O2. The zero-order valence-corrected chi connectivity index (χ0v) is 8.13. The SMILES string of the molecule is CCc1c(C)nc2n(c1=O)CC(=O)N2. The van der Waals surface area contributed by atoms with Gasteiger partial charge in [0.2, 0.25) is 11.9 Å². The Kier molecular flexibility index (Phi) is 1.87. The average molecular weight is 193 g/mol. The first-order valence-electron chi connectivity index (χ1n) is 4.53. The Morgan fingerprint density at radius 3 is 2.86 bits per heavy atom. The summed E-state index contributed by atoms with van der Waals surface area (Å²) in [4.78, 5) is 27.0. The van der Waals surface area contributed by atoms with Gasteiger partial charge in [0.25, 0.3) is 5.56 Å². The van der Waals surface area contributed by atoms with E-state index >= 15 is 0 Å². The van der Waals surface area contributed by atoms with Crippen molar-refractivity contribution in [3.8, 4) is 0 Å². The van der Waals surface area contributed by atoms with Gasteiger partial charge in [0.15, 0.2) is 0 Å². The highest BCUT2D eigenvalue weighted by atomic mass is 16.2. The highest BCUT2D eigenvalue weighted by Gasteiger charge is 2.22. The monoisotopic (exact) mass is 193 g/mol. The summed E-state index contributed by atoms with van der Waals surface area (Å²) < 4.78 is 1.38. The first-order chi connectivity index (χ1) is 6.63. The molecule has 14 heavy (non-hydrogen) atoms. The summed E-state index contributed by atoms with van der Waals surface area (Å²) in [5, 5.41) is 2.54. The summed E-state index contributed by atoms with van der Waals surface area (Å²) in [6.07, 6.45) is 0.645. The summed E-state index contributed by atoms with van der Waals surface area (Å²) >= 11 is 0. The number of carbonyl (C=O) groups is 1. The van der Waals surface area contributed by atoms with Gasteiger partial charge in [-0.3, -0.25) is 19.5 Å². The molecule has 1 aliphatic heterocycles. The van der Waals surface area contributed by atoms with Crippen LogP contribution in [0.1, 0.15) is 18.2 Å². The van der Waals surface area contributed by atoms with E-state index in [4.69, 9.17) is 0 Å². The maximum Gasteiger partial charge on any atom is 0.258 e. The van der Waals surface area contributed by atoms with Crippen molar-refractivity contribution in [2.24, 2.45) is 0 Å². The van der Waals surface area contributed by atoms with E-state index in [9.17, 15) is 9.59 Å². The topological polar surface area (TPSA) is 64.0 Å². The van der Waals surface area contributed by atoms with Crippen LogP contribution in [0.15, 0.2) is 4.79 Å². The molecule has 1 aliphatic rings. The van der Waals surface area contributed by atoms with Crippen LogP contribution in [0, 0.1) is 6.92 Å². The Balaban J connectivity index is 2.69. The van der Waals surface area contributed by atoms with Crippen LogP contribution in [-0.2, 0) is 17.8 Å². The lowest BCUT2D eigenvalue weighted by atomic mass is 10.2. The number of rotatable bonds is 1. The Morgan fingerprint density at radius 2 is 2.21 bits per heavy atom. The predicted octanol–water partition coefficient (Wildman–Crippen LogP) is 0.0662. The number of hydrogen-bond acceptors (Lipinski definition) is 3. The van der Waals surface area contributed by atoms with Gasteiger partial charge in [-0.1, -0.05) is 6.92 Å². The summed E-state index contributed by atoms with van der Waals surface area (Å²) in [7, 11) is 0. The molecule has 1 aromatic heterocycles. The van der Waals surface area contributed by atoms with Crippen LogP contribution >= 0.6 is 0 Å². The van der Waals surface area contributed by atoms with Crippen molar-refractivity contribution in [2.75, 3.05) is 5.32 Å². The third kappa shape index (κ3) is 1.13. The van der Waals surface area contributed by atoms with Gasteiger partial charge in [0, 0.05) is 11.3 Å². The van der Waals surface area contributed by atoms with Gasteiger partial charge in [-0.15, -0.1) is 0 Å². The number of fused-ring (bicyclic) bond motifs is 1. The smallest absolute Gasteiger partial charge is 0.258 e. The van der Waals surface area contributed by atoms with E-state index in [0.717, 1.165) is 0 Å². The van der Waals surface area contributed by atoms with Gasteiger partial charge in [0.05, 0.1) is 0 Å². The normalized spacial score (nSPS) is 14.0. The van der Waals surface area contributed by atoms with Crippen LogP contribution < -0.4 is 10.9 Å². The number of amides is 1. The zero-order chi connectivity index (χ0) is 10.3. The van der Waals surface area contributed by atoms with Gasteiger partial charge in [0.1, 0.15) is 6.54 Å². The van der Waals surface area contributed by atoms with E-state index in [-0.39, 0.29) is 18.0 Å². The van der Waals surface area contributed by atoms with Crippen LogP contribution in [0.25, 0.3) is 0 Å². The van der Waals surface area contributed by atoms with Crippen molar-refractivity contribution in [2.45, 2.75) is 26.8 Å². The minimum absolute atomic E-state index is 0.0917. The maximum atomic E-state index is 11.8. The van der Waals surface area contributed by atoms with Gasteiger partial charge in [-0.25, -0.2) is 4.98 Å². The molecule has 1 aromatic rings. The molecule has 0 spiro atoms. The Labute approximate surface area is 80.8 Å². The third-order valence-electron chi connectivity index (χ3n) is 2.38. The third-order valence-corrected chi connectivity index (χ3v) is 2.38. The lowest BCUT2D eigenvalue weighted by molar-refractivity contribution is -0.115. The van der Waals surface area contributed by atoms with E-state index in [0.29, 0.717) is 23.6 Å². The number of aromatic nitrogens is 2. The number of anilines is 1. The molecule has 2 heterocycles. The van der Waals surface area contributed by atoms with Gasteiger partial charge in [-0.2, -0.15) is 0 Å². The van der Waals surface area contributed by atoms with Gasteiger partial charge < -0.3 is 0 Å². The summed E-state index contributed by atoms with van der Waals surface area (Å²) in [5.41, 5.74) is 1.28. The van der Waals surface area contributed by atoms with Crippen LogP contribution in [-0.4, -0.2) is 15.5 Å². The molecule has 5 heteroatoms. The second-order valence-corrected chi connectivity index (χ2v) is 3.29. The maximum absolute atomic E-state index is 11.8. The Hall–Kier alpha value is -1.65. The van der Waals surface area contributed by atoms with E-state index in [2.05, 4.69) is 10.3 Å². The van der Waals surface area contributed by atoms with Crippen molar-refractivity contribution in [1.29, 1.82) is 0 Å². The second kappa shape index (κ2) is 2.94. The highest BCUT2D eigenvalue weighted by Crippen LogP contribution is 2.11. The van der Waals surface area contributed by atoms with E-state index in [1.807, 2.05) is 6.92 Å². The van der Waals surface area contributed by atoms with Crippen LogP contribution in [0.5, 0.6) is 0 Å². The van der Waals surface area contributed by atoms with Crippen LogP contribution in [0.2, 0.25) is 0 Å². The molecule has 0 radical (unpaired) electrons. The molecule has 0 saturated heterocycles. The van der Waals surface area contributed by atoms with Crippen molar-refractivity contribution in [3.63, 3.8) is 0 Å². The molecule has 0 saturated carbocycles. The van der Waals surface area contributed by atoms with Crippen molar-refractivity contribution < 1.29 is 4.79 Å². The molecule has 0 bridgehead atoms. The average Bonchev–Trinajstić information content (AvgIpc) is 2.47. The minimum Gasteiger partial charge on any atom is -0.294 e. The van der Waals surface area contributed by atoms with Crippen molar-refractivity contribution in [3.05, 3.63) is 21.6 Å². The van der Waals surface area contributed by atoms with E-state index < -0.39 is 0 Å². The molecule has 74 valence electrons. The lowest BCUT2D eigenvalue weighted by Gasteiger charge is -2.05. The number of carbonyl (C=O) groups excluding carboxylic acids is 1. The number of aryl methyl sites for hydroxylation is 1. The van der Waals surface area contributed by atoms with Crippen LogP contribution in [0.4, 0.5) is 5.95 Å². The molecule has 5 nitrogen and oxygen atoms in total. The fraction of sp³-hybridized carbons (Fsp3) is 0.444. The first-order valence-corrected chi connectivity index (χ1v) is 4.53. The van der Waals surface area contributed by atoms with Gasteiger partial charge >= 0.3 is 0 Å². The molecule has 0 aliphatic carbocycles. The molecular weight excluding hydrogens is 182 g/mol. The van der Waals surface area contributed by atoms with Gasteiger partial charge in [-0.05, 0) is 13.3 Å². The molecule has 0 atom stereocenters. The Bertz CT molecular complexity index is 462. The molecule has 0 fully saturated rings. The molecule has 1 N–H and O–H groups in total. The standard InChI is InChI=1S/C9H11N3O2/c1-3-6-5(2)10-9-11-7(13)4-12(9)8(6)14/h3-4H2,1-2H3,(H,10,11,13). The van der Waals surface area contributed by atoms with E-state index in [1.54, 1.807) is 6.92 Å². The van der Waals surface area contributed by atoms with Crippen molar-refractivity contribution in [1.82, 2.24) is 9.55 Å². The molecule has 2 rings (SSSR count). The summed E-state index contributed by atoms with van der Waals surface area (Å²) in [5.74, 6) is 0.192. The molecule has 0 unspecified atom stereocenters. The lowest BCUT2D eigenvalue weighted by Crippen LogP contribution is -2.24. The highest BCUT2D eigenvalue weighted by molar-refractivity contribution is 5.92. The molecule has 1 amide bonds. The summed E-state index contributed by atoms with van der Waals surface area (Å²) in [6.45, 7) is 3.78. The quantitative estimate of drug-likeness (QED) is 0.686. The second-order valence-electron chi connectivity index (χ2n) is 3.29. The molecule has 0 aromatic carbocycles. The fourth-order valence-electron chi connectivity index (χ4n) is 1.66. The van der Waals surface area contributed by atoms with Crippen LogP contribution in [0.3, 0.4) is 0 Å². The number of nitrogens with zero attached hydrogens (tertiary/aromatic N) is 2. The number of hydrogen-bond donors (Lipinski definition) is 1. The summed E-state index contributed by atoms with van der Waals surface area (Å²) in [6, 6.07) is 0. The first kappa shape index (κ1) is 8.93. The van der Waals surface area contributed by atoms with E-state index in [1.165, 1.54) is 4.57 Å². The predicted molar refractivity (Wildman–Crippen MR) is 51.2 cm³/mol. The van der Waals surface area contributed by atoms with Crippen molar-refractivity contribution >= 4 is 11.9 Å². The minimum atomic E-state index is -0.178. The zero-order valence-electron chi connectivity index (χ0n) is 8.13. The largest absolute Gasteiger partial charge is 0.294 e. The Morgan fingerprint density at radius 1 is 1.50 bits per heavy atom. The number of nitrogens with one attached hydrogen (secondary N) is 1.